The molecule has 38 heteroatoms. The lowest BCUT2D eigenvalue weighted by Gasteiger charge is -2.51. The van der Waals surface area contributed by atoms with Gasteiger partial charge in [0.25, 0.3) is 5.56 Å². The van der Waals surface area contributed by atoms with Crippen LogP contribution in [-0.2, 0) is 143 Å². The van der Waals surface area contributed by atoms with Crippen molar-refractivity contribution < 1.29 is 114 Å². The number of nitrogens with two attached hydrogens (primary N) is 1. The monoisotopic (exact) mass is 1860 g/mol. The van der Waals surface area contributed by atoms with Crippen LogP contribution in [0.5, 0.6) is 0 Å². The fourth-order valence-electron chi connectivity index (χ4n) is 17.8. The summed E-state index contributed by atoms with van der Waals surface area (Å²) in [6.07, 6.45) is 5.66. The summed E-state index contributed by atoms with van der Waals surface area (Å²) in [4.78, 5) is 131. The molecule has 8 N–H and O–H groups in total. The first kappa shape index (κ1) is 102. The fraction of sp³-hybridized carbons (Fsp3) is 0.621. The molecule has 0 radical (unpaired) electrons. The smallest absolute Gasteiger partial charge is 0.343 e. The Hall–Kier alpha value is -9.75. The summed E-state index contributed by atoms with van der Waals surface area (Å²) in [5.74, 6) is -4.02. The van der Waals surface area contributed by atoms with Crippen molar-refractivity contribution in [3.8, 4) is 33.9 Å². The van der Waals surface area contributed by atoms with Gasteiger partial charge in [-0.3, -0.25) is 38.4 Å². The van der Waals surface area contributed by atoms with E-state index in [0.29, 0.717) is 249 Å². The predicted molar refractivity (Wildman–Crippen MR) is 485 cm³/mol. The third kappa shape index (κ3) is 27.8. The zero-order chi connectivity index (χ0) is 94.1. The van der Waals surface area contributed by atoms with E-state index in [0.717, 1.165) is 65.0 Å². The maximum Gasteiger partial charge on any atom is 0.343 e. The first-order valence-corrected chi connectivity index (χ1v) is 46.7. The maximum atomic E-state index is 15.6. The Kier molecular flexibility index (Phi) is 39.8. The second-order valence-corrected chi connectivity index (χ2v) is 34.4. The summed E-state index contributed by atoms with van der Waals surface area (Å²) in [6, 6.07) is 15.9. The number of likely N-dealkylation sites (tertiary alicyclic amines) is 1. The number of carbonyl (C=O) groups excluding carboxylic acids is 8. The van der Waals surface area contributed by atoms with Crippen molar-refractivity contribution in [3.63, 3.8) is 0 Å². The number of fused-ring (bicyclic) bond motifs is 10. The molecule has 4 atom stereocenters. The summed E-state index contributed by atoms with van der Waals surface area (Å²) >= 11 is 0. The van der Waals surface area contributed by atoms with Crippen LogP contribution in [0, 0.1) is 30.0 Å². The normalized spacial score (nSPS) is 16.8. The number of hydrogen-bond acceptors (Lipinski definition) is 28. The number of nitrogens with zero attached hydrogens (tertiary/aromatic N) is 7. The molecule has 7 heterocycles. The molecule has 0 unspecified atom stereocenters. The molecular weight excluding hydrogens is 1730 g/mol. The zero-order valence-electron chi connectivity index (χ0n) is 77.3. The number of esters is 1. The van der Waals surface area contributed by atoms with E-state index in [-0.39, 0.29) is 111 Å². The van der Waals surface area contributed by atoms with Crippen molar-refractivity contribution >= 4 is 63.9 Å². The lowest BCUT2D eigenvalue weighted by molar-refractivity contribution is -0.172. The average Bonchev–Trinajstić information content (AvgIpc) is 1.57. The van der Waals surface area contributed by atoms with E-state index in [1.165, 1.54) is 10.6 Å². The molecule has 133 heavy (non-hydrogen) atoms. The molecule has 12 rings (SSSR count). The number of rotatable bonds is 59. The molecule has 6 aromatic rings. The van der Waals surface area contributed by atoms with Gasteiger partial charge in [-0.2, -0.15) is 0 Å². The van der Waals surface area contributed by atoms with Crippen LogP contribution in [0.15, 0.2) is 65.5 Å². The van der Waals surface area contributed by atoms with Crippen molar-refractivity contribution in [2.24, 2.45) is 30.0 Å². The van der Waals surface area contributed by atoms with Crippen LogP contribution in [0.3, 0.4) is 0 Å². The van der Waals surface area contributed by atoms with Crippen LogP contribution in [0.25, 0.3) is 44.8 Å². The summed E-state index contributed by atoms with van der Waals surface area (Å²) in [5.41, 5.74) is 12.2. The molecule has 728 valence electrons. The number of amides is 7. The minimum absolute atomic E-state index is 0.0155. The van der Waals surface area contributed by atoms with Crippen molar-refractivity contribution in [1.29, 1.82) is 0 Å². The fourth-order valence-corrected chi connectivity index (χ4v) is 17.8. The quantitative estimate of drug-likeness (QED) is 0.0194. The SMILES string of the molecule is CC[C@@]1(O)C(=O)OCc2c1cc1n(c2=O)Cc2c-1nc1cc(F)c(C)c3c1c2[C@@H](NC(=O)CNC(=O)[C@H](CCCCN)NC(=O)[C@@H](NC(=O)CCOCCOCCOCCOCCOCCOCCOCCOCCOCCOCCOCCOCCOCCC(=O)N1CCC2(CC1)CC(C(=O)NCCC(=O)N1Cc4ccccc4-c4nnn(C)c4-c4ccccc41)C2)C(C)C)CC3. The Morgan fingerprint density at radius 2 is 1.17 bits per heavy atom. The van der Waals surface area contributed by atoms with Crippen LogP contribution >= 0.6 is 0 Å². The van der Waals surface area contributed by atoms with E-state index in [1.807, 2.05) is 60.5 Å². The number of anilines is 1. The molecule has 1 saturated heterocycles. The van der Waals surface area contributed by atoms with Gasteiger partial charge in [0, 0.05) is 79.1 Å². The number of pyridine rings is 2. The van der Waals surface area contributed by atoms with Gasteiger partial charge in [0.2, 0.25) is 41.4 Å². The van der Waals surface area contributed by atoms with E-state index < -0.39 is 71.2 Å². The van der Waals surface area contributed by atoms with Crippen LogP contribution < -0.4 is 42.8 Å². The number of aryl methyl sites for hydroxylation is 2. The van der Waals surface area contributed by atoms with Crippen molar-refractivity contribution in [3.05, 3.63) is 116 Å². The van der Waals surface area contributed by atoms with Gasteiger partial charge < -0.3 is 118 Å². The van der Waals surface area contributed by atoms with Gasteiger partial charge in [-0.25, -0.2) is 18.9 Å². The summed E-state index contributed by atoms with van der Waals surface area (Å²) in [6.45, 7) is 18.2. The van der Waals surface area contributed by atoms with E-state index in [4.69, 9.17) is 77.0 Å². The Bertz CT molecular complexity index is 4940. The number of aromatic nitrogens is 5. The minimum atomic E-state index is -2.06. The molecular formula is C95H132FN13O24. The second-order valence-electron chi connectivity index (χ2n) is 34.4. The number of benzene rings is 3. The van der Waals surface area contributed by atoms with E-state index in [9.17, 15) is 48.3 Å². The van der Waals surface area contributed by atoms with Crippen LogP contribution in [0.4, 0.5) is 10.1 Å². The first-order valence-electron chi connectivity index (χ1n) is 46.7. The number of halogens is 1. The number of piperidine rings is 1. The molecule has 3 aromatic heterocycles. The highest BCUT2D eigenvalue weighted by Gasteiger charge is 2.50. The molecule has 0 bridgehead atoms. The Balaban J connectivity index is 0.392. The maximum absolute atomic E-state index is 15.6. The number of aliphatic hydroxyl groups is 1. The average molecular weight is 1860 g/mol. The number of nitrogens with one attached hydrogen (secondary N) is 5. The molecule has 7 amide bonds. The van der Waals surface area contributed by atoms with Crippen LogP contribution in [0.1, 0.15) is 143 Å². The second kappa shape index (κ2) is 51.8. The number of ether oxygens (including phenoxy) is 14. The van der Waals surface area contributed by atoms with Crippen molar-refractivity contribution in [2.75, 3.05) is 209 Å². The number of cyclic esters (lactones) is 1. The van der Waals surface area contributed by atoms with Gasteiger partial charge in [-0.1, -0.05) is 68.4 Å². The number of unbranched alkanes of at least 4 members (excludes halogenated alkanes) is 1. The predicted octanol–water partition coefficient (Wildman–Crippen LogP) is 5.03. The highest BCUT2D eigenvalue weighted by atomic mass is 19.1. The zero-order valence-corrected chi connectivity index (χ0v) is 77.3. The molecule has 2 aliphatic carbocycles. The largest absolute Gasteiger partial charge is 0.458 e. The standard InChI is InChI=1S/C95H132FN13O24/c1-6-95(119)72-55-78-86-70(61-109(78)92(117)71(72)62-133-93(95)118)84-74(19-18-67-64(4)73(96)56-76(101-86)83(67)84)100-80(111)59-99-90(115)75(16-11-12-25-97)102-91(116)85(63(2)3)103-79(110)21-29-120-31-33-122-35-37-124-39-41-126-43-45-128-47-49-130-51-53-132-54-52-131-50-48-129-46-44-127-42-40-125-38-36-123-34-32-121-30-22-81(112)107-27-23-94(24-28-107)57-66(58-94)89(114)98-26-20-82(113)108-60-65-13-7-8-14-68(65)87-88(106(5)105-104-87)69-15-9-10-17-77(69)108/h7-10,13-15,17,55-56,63,66,74-75,85,119H,6,11-12,16,18-54,57-62,97H2,1-5H3,(H,98,114)(H,99,115)(H,100,111)(H,102,116)(H,103,110)/t74-,75-,85-,95-/m0/s1. The summed E-state index contributed by atoms with van der Waals surface area (Å²) in [7, 11) is 1.86. The van der Waals surface area contributed by atoms with Crippen molar-refractivity contribution in [2.45, 2.75) is 155 Å². The highest BCUT2D eigenvalue weighted by molar-refractivity contribution is 6.01. The van der Waals surface area contributed by atoms with Gasteiger partial charge in [-0.15, -0.1) is 5.10 Å². The molecule has 1 saturated carbocycles. The third-order valence-corrected chi connectivity index (χ3v) is 25.1. The Morgan fingerprint density at radius 3 is 1.74 bits per heavy atom. The van der Waals surface area contributed by atoms with Gasteiger partial charge >= 0.3 is 5.97 Å². The molecule has 4 aliphatic heterocycles. The lowest BCUT2D eigenvalue weighted by atomic mass is 9.57. The molecule has 3 aromatic carbocycles. The Labute approximate surface area is 774 Å². The number of carbonyl (C=O) groups is 8. The number of para-hydroxylation sites is 1. The van der Waals surface area contributed by atoms with E-state index >= 15 is 4.39 Å². The van der Waals surface area contributed by atoms with E-state index in [1.54, 1.807) is 43.3 Å². The van der Waals surface area contributed by atoms with Crippen LogP contribution in [0.2, 0.25) is 0 Å². The van der Waals surface area contributed by atoms with E-state index in [2.05, 4.69) is 36.9 Å². The summed E-state index contributed by atoms with van der Waals surface area (Å²) < 4.78 is 96.7. The topological polar surface area (TPSA) is 444 Å². The van der Waals surface area contributed by atoms with Gasteiger partial charge in [0.05, 0.1) is 238 Å². The molecule has 6 aliphatic rings. The first-order chi connectivity index (χ1) is 64.6. The number of hydrogen-bond donors (Lipinski definition) is 7. The van der Waals surface area contributed by atoms with Gasteiger partial charge in [0.15, 0.2) is 5.60 Å². The summed E-state index contributed by atoms with van der Waals surface area (Å²) in [5, 5.41) is 35.3. The van der Waals surface area contributed by atoms with Gasteiger partial charge in [0.1, 0.15) is 30.2 Å². The lowest BCUT2D eigenvalue weighted by Crippen LogP contribution is -2.56. The minimum Gasteiger partial charge on any atom is -0.458 e. The Morgan fingerprint density at radius 1 is 0.624 bits per heavy atom. The van der Waals surface area contributed by atoms with Gasteiger partial charge in [-0.05, 0) is 123 Å². The molecule has 2 fully saturated rings. The van der Waals surface area contributed by atoms with Crippen LogP contribution in [-0.4, -0.2) is 298 Å². The van der Waals surface area contributed by atoms with Crippen molar-refractivity contribution in [1.82, 2.24) is 56.0 Å². The third-order valence-electron chi connectivity index (χ3n) is 25.1. The highest BCUT2D eigenvalue weighted by Crippen LogP contribution is 2.53. The molecule has 1 spiro atoms. The molecule has 37 nitrogen and oxygen atoms in total.